The van der Waals surface area contributed by atoms with Gasteiger partial charge in [0.2, 0.25) is 0 Å². The van der Waals surface area contributed by atoms with E-state index in [2.05, 4.69) is 10.3 Å². The molecular weight excluding hydrogens is 383 g/mol. The number of benzene rings is 1. The molecule has 0 saturated carbocycles. The minimum Gasteiger partial charge on any atom is -0.481 e. The number of nitrogens with zero attached hydrogens (tertiary/aromatic N) is 3. The second-order valence-corrected chi connectivity index (χ2v) is 6.80. The summed E-state index contributed by atoms with van der Waals surface area (Å²) in [6, 6.07) is 10.1. The Balaban J connectivity index is 1.57. The summed E-state index contributed by atoms with van der Waals surface area (Å²) in [5, 5.41) is 3.35. The first-order chi connectivity index (χ1) is 16.8. The van der Waals surface area contributed by atoms with E-state index in [9.17, 15) is 9.18 Å². The number of halogens is 1. The summed E-state index contributed by atoms with van der Waals surface area (Å²) in [5.41, 5.74) is 1.05. The van der Waals surface area contributed by atoms with E-state index < -0.39 is 30.8 Å². The molecule has 4 aromatic rings. The Morgan fingerprint density at radius 3 is 3.07 bits per heavy atom. The van der Waals surface area contributed by atoms with Crippen LogP contribution in [0, 0.1) is 5.82 Å². The summed E-state index contributed by atoms with van der Waals surface area (Å²) in [6.45, 7) is -4.61. The molecule has 0 aliphatic carbocycles. The van der Waals surface area contributed by atoms with Gasteiger partial charge in [0.1, 0.15) is 12.4 Å². The van der Waals surface area contributed by atoms with Crippen LogP contribution < -0.4 is 15.6 Å². The van der Waals surface area contributed by atoms with Crippen LogP contribution in [0.2, 0.25) is 0 Å². The second-order valence-electron chi connectivity index (χ2n) is 6.80. The van der Waals surface area contributed by atoms with Crippen molar-refractivity contribution in [3.05, 3.63) is 88.0 Å². The Morgan fingerprint density at radius 1 is 1.33 bits per heavy atom. The zero-order valence-corrected chi connectivity index (χ0v) is 15.9. The first-order valence-electron chi connectivity index (χ1n) is 12.2. The van der Waals surface area contributed by atoms with Crippen molar-refractivity contribution in [3.63, 3.8) is 0 Å². The van der Waals surface area contributed by atoms with Gasteiger partial charge in [0.25, 0.3) is 5.56 Å². The third kappa shape index (κ3) is 3.17. The van der Waals surface area contributed by atoms with Gasteiger partial charge in [-0.3, -0.25) is 14.3 Å². The van der Waals surface area contributed by atoms with Crippen LogP contribution in [0.3, 0.4) is 0 Å². The van der Waals surface area contributed by atoms with Gasteiger partial charge in [0.05, 0.1) is 25.8 Å². The molecule has 0 amide bonds. The van der Waals surface area contributed by atoms with Gasteiger partial charge in [-0.15, -0.1) is 0 Å². The quantitative estimate of drug-likeness (QED) is 0.562. The normalized spacial score (nSPS) is 20.2. The van der Waals surface area contributed by atoms with Gasteiger partial charge in [-0.2, -0.15) is 0 Å². The highest BCUT2D eigenvalue weighted by Crippen LogP contribution is 2.29. The molecule has 0 saturated heterocycles. The smallest absolute Gasteiger partial charge is 0.297 e. The van der Waals surface area contributed by atoms with Crippen molar-refractivity contribution in [2.24, 2.45) is 7.05 Å². The molecule has 0 atom stereocenters. The SMILES string of the molecule is [2H]C([2H])(Oc1cccn(-c2ccc3c4c(n(C)c3c2)C([2H])([2H])C([2H])([2H])NC4)c1=O)c1ccc(F)cn1. The second kappa shape index (κ2) is 7.42. The largest absolute Gasteiger partial charge is 0.481 e. The first kappa shape index (κ1) is 13.0. The Bertz CT molecular complexity index is 1550. The molecule has 6 nitrogen and oxygen atoms in total. The molecule has 0 unspecified atom stereocenters. The Morgan fingerprint density at radius 2 is 2.23 bits per heavy atom. The van der Waals surface area contributed by atoms with Crippen molar-refractivity contribution in [2.45, 2.75) is 19.5 Å². The number of rotatable bonds is 4. The van der Waals surface area contributed by atoms with Crippen LogP contribution in [0.15, 0.2) is 59.7 Å². The molecule has 0 radical (unpaired) electrons. The monoisotopic (exact) mass is 410 g/mol. The standard InChI is InChI=1S/C23H21FN4O2/c1-27-20-8-9-25-13-19(20)18-7-6-17(11-21(18)27)28-10-2-3-22(23(28)29)30-14-16-5-4-15(24)12-26-16/h2-7,10-12,25H,8-9,13-14H2,1H3/i8D2,9D2,14D2. The number of aryl methyl sites for hydroxylation is 1. The molecule has 3 aromatic heterocycles. The van der Waals surface area contributed by atoms with Crippen LogP contribution in [0.5, 0.6) is 5.75 Å². The minimum absolute atomic E-state index is 0.147. The minimum atomic E-state index is -2.50. The molecule has 152 valence electrons. The van der Waals surface area contributed by atoms with Crippen molar-refractivity contribution >= 4 is 10.9 Å². The van der Waals surface area contributed by atoms with Crippen molar-refractivity contribution in [3.8, 4) is 11.4 Å². The summed E-state index contributed by atoms with van der Waals surface area (Å²) < 4.78 is 70.6. The maximum absolute atomic E-state index is 13.2. The van der Waals surface area contributed by atoms with E-state index in [1.807, 2.05) is 0 Å². The van der Waals surface area contributed by atoms with Crippen LogP contribution in [-0.4, -0.2) is 20.6 Å². The predicted octanol–water partition coefficient (Wildman–Crippen LogP) is 3.09. The lowest BCUT2D eigenvalue weighted by Crippen LogP contribution is -2.24. The van der Waals surface area contributed by atoms with Crippen LogP contribution in [0.25, 0.3) is 16.6 Å². The average Bonchev–Trinajstić information content (AvgIpc) is 3.10. The van der Waals surface area contributed by atoms with Gasteiger partial charge < -0.3 is 14.6 Å². The fourth-order valence-electron chi connectivity index (χ4n) is 3.53. The van der Waals surface area contributed by atoms with Gasteiger partial charge in [-0.1, -0.05) is 6.07 Å². The summed E-state index contributed by atoms with van der Waals surface area (Å²) in [6.07, 6.45) is 0.0569. The van der Waals surface area contributed by atoms with Gasteiger partial charge in [-0.25, -0.2) is 4.39 Å². The molecule has 4 heterocycles. The number of aromatic nitrogens is 3. The number of ether oxygens (including phenoxy) is 1. The topological polar surface area (TPSA) is 61.1 Å². The highest BCUT2D eigenvalue weighted by atomic mass is 19.1. The lowest BCUT2D eigenvalue weighted by molar-refractivity contribution is 0.295. The molecule has 5 rings (SSSR count). The summed E-state index contributed by atoms with van der Waals surface area (Å²) >= 11 is 0. The van der Waals surface area contributed by atoms with E-state index in [1.54, 1.807) is 29.8 Å². The van der Waals surface area contributed by atoms with E-state index in [0.29, 0.717) is 16.8 Å². The maximum atomic E-state index is 13.2. The molecule has 30 heavy (non-hydrogen) atoms. The third-order valence-corrected chi connectivity index (χ3v) is 5.01. The van der Waals surface area contributed by atoms with Gasteiger partial charge in [-0.05, 0) is 42.0 Å². The van der Waals surface area contributed by atoms with E-state index in [4.69, 9.17) is 13.0 Å². The average molecular weight is 410 g/mol. The Kier molecular flexibility index (Phi) is 3.21. The van der Waals surface area contributed by atoms with E-state index in [1.165, 1.54) is 22.9 Å². The molecule has 1 N–H and O–H groups in total. The molecule has 1 aromatic carbocycles. The van der Waals surface area contributed by atoms with E-state index >= 15 is 0 Å². The molecule has 7 heteroatoms. The van der Waals surface area contributed by atoms with Gasteiger partial charge >= 0.3 is 0 Å². The first-order valence-corrected chi connectivity index (χ1v) is 9.23. The van der Waals surface area contributed by atoms with Gasteiger partial charge in [0, 0.05) is 49.2 Å². The maximum Gasteiger partial charge on any atom is 0.297 e. The third-order valence-electron chi connectivity index (χ3n) is 5.01. The van der Waals surface area contributed by atoms with Crippen LogP contribution in [-0.2, 0) is 26.5 Å². The van der Waals surface area contributed by atoms with Crippen molar-refractivity contribution < 1.29 is 17.4 Å². The number of nitrogens with one attached hydrogen (secondary N) is 1. The van der Waals surface area contributed by atoms with E-state index in [-0.39, 0.29) is 23.7 Å². The summed E-state index contributed by atoms with van der Waals surface area (Å²) in [5.74, 6) is -0.914. The molecule has 0 fully saturated rings. The summed E-state index contributed by atoms with van der Waals surface area (Å²) in [4.78, 5) is 16.9. The molecule has 0 bridgehead atoms. The zero-order valence-electron chi connectivity index (χ0n) is 21.9. The van der Waals surface area contributed by atoms with Crippen molar-refractivity contribution in [1.29, 1.82) is 0 Å². The Hall–Kier alpha value is -3.45. The van der Waals surface area contributed by atoms with Crippen molar-refractivity contribution in [1.82, 2.24) is 19.4 Å². The zero-order chi connectivity index (χ0) is 26.0. The van der Waals surface area contributed by atoms with Crippen LogP contribution in [0.4, 0.5) is 4.39 Å². The molecule has 0 spiro atoms. The van der Waals surface area contributed by atoms with Crippen LogP contribution >= 0.6 is 0 Å². The number of hydrogen-bond acceptors (Lipinski definition) is 4. The molecule has 1 aliphatic heterocycles. The number of hydrogen-bond donors (Lipinski definition) is 1. The molecular formula is C23H21FN4O2. The summed E-state index contributed by atoms with van der Waals surface area (Å²) in [7, 11) is 1.65. The fraction of sp³-hybridized carbons (Fsp3) is 0.217. The lowest BCUT2D eigenvalue weighted by Gasteiger charge is -2.14. The van der Waals surface area contributed by atoms with Gasteiger partial charge in [0.15, 0.2) is 5.75 Å². The number of fused-ring (bicyclic) bond motifs is 3. The Labute approximate surface area is 181 Å². The van der Waals surface area contributed by atoms with Crippen molar-refractivity contribution in [2.75, 3.05) is 6.50 Å². The molecule has 1 aliphatic rings. The van der Waals surface area contributed by atoms with Crippen LogP contribution in [0.1, 0.15) is 25.2 Å². The number of pyridine rings is 2. The fourth-order valence-corrected chi connectivity index (χ4v) is 3.53. The highest BCUT2D eigenvalue weighted by molar-refractivity contribution is 5.87. The predicted molar refractivity (Wildman–Crippen MR) is 112 cm³/mol. The van der Waals surface area contributed by atoms with E-state index in [0.717, 1.165) is 23.7 Å². The highest BCUT2D eigenvalue weighted by Gasteiger charge is 2.18. The lowest BCUT2D eigenvalue weighted by atomic mass is 10.1.